The smallest absolute Gasteiger partial charge is 0.227 e. The first kappa shape index (κ1) is 18.4. The third-order valence-corrected chi connectivity index (χ3v) is 4.15. The molecule has 0 aromatic carbocycles. The number of rotatable bonds is 5. The van der Waals surface area contributed by atoms with Crippen molar-refractivity contribution in [3.05, 3.63) is 23.4 Å². The first-order valence-corrected chi connectivity index (χ1v) is 7.59. The molecule has 21 heavy (non-hydrogen) atoms. The fourth-order valence-electron chi connectivity index (χ4n) is 2.25. The van der Waals surface area contributed by atoms with E-state index < -0.39 is 0 Å². The van der Waals surface area contributed by atoms with Gasteiger partial charge in [-0.2, -0.15) is 4.98 Å². The number of aryl methyl sites for hydroxylation is 1. The Morgan fingerprint density at radius 2 is 2.10 bits per heavy atom. The van der Waals surface area contributed by atoms with Gasteiger partial charge in [-0.3, -0.25) is 0 Å². The van der Waals surface area contributed by atoms with Crippen LogP contribution in [-0.2, 0) is 6.42 Å². The molecule has 3 rings (SSSR count). The molecule has 118 valence electrons. The number of nitrogens with zero attached hydrogens (tertiary/aromatic N) is 3. The fourth-order valence-corrected chi connectivity index (χ4v) is 2.90. The molecule has 1 fully saturated rings. The molecular formula is C13H20Cl2N4OS. The van der Waals surface area contributed by atoms with Crippen molar-refractivity contribution in [1.82, 2.24) is 20.4 Å². The number of hydrogen-bond donors (Lipinski definition) is 1. The normalized spacial score (nSPS) is 15.2. The van der Waals surface area contributed by atoms with E-state index in [-0.39, 0.29) is 24.8 Å². The van der Waals surface area contributed by atoms with Gasteiger partial charge in [0.1, 0.15) is 0 Å². The largest absolute Gasteiger partial charge is 0.339 e. The van der Waals surface area contributed by atoms with Crippen molar-refractivity contribution in [3.8, 4) is 10.7 Å². The Morgan fingerprint density at radius 3 is 2.81 bits per heavy atom. The van der Waals surface area contributed by atoms with E-state index in [1.54, 1.807) is 11.3 Å². The zero-order valence-corrected chi connectivity index (χ0v) is 14.1. The van der Waals surface area contributed by atoms with Gasteiger partial charge in [-0.15, -0.1) is 36.2 Å². The summed E-state index contributed by atoms with van der Waals surface area (Å²) < 4.78 is 5.29. The van der Waals surface area contributed by atoms with Crippen molar-refractivity contribution >= 4 is 36.2 Å². The van der Waals surface area contributed by atoms with Gasteiger partial charge in [0.15, 0.2) is 0 Å². The molecule has 3 heterocycles. The highest BCUT2D eigenvalue weighted by atomic mass is 35.5. The Bertz CT molecular complexity index is 500. The van der Waals surface area contributed by atoms with Crippen molar-refractivity contribution in [1.29, 1.82) is 0 Å². The number of piperazine rings is 1. The second-order valence-corrected chi connectivity index (χ2v) is 5.63. The monoisotopic (exact) mass is 350 g/mol. The van der Waals surface area contributed by atoms with Crippen molar-refractivity contribution < 1.29 is 4.52 Å². The summed E-state index contributed by atoms with van der Waals surface area (Å²) in [5, 5.41) is 9.41. The molecule has 1 aliphatic heterocycles. The molecule has 1 N–H and O–H groups in total. The Labute approximate surface area is 140 Å². The molecule has 5 nitrogen and oxygen atoms in total. The van der Waals surface area contributed by atoms with Gasteiger partial charge < -0.3 is 14.7 Å². The maximum atomic E-state index is 5.29. The summed E-state index contributed by atoms with van der Waals surface area (Å²) in [6.07, 6.45) is 1.94. The molecule has 8 heteroatoms. The van der Waals surface area contributed by atoms with Crippen molar-refractivity contribution in [2.75, 3.05) is 32.7 Å². The minimum absolute atomic E-state index is 0. The van der Waals surface area contributed by atoms with Gasteiger partial charge in [-0.1, -0.05) is 11.2 Å². The van der Waals surface area contributed by atoms with E-state index >= 15 is 0 Å². The third-order valence-electron chi connectivity index (χ3n) is 3.28. The molecule has 2 aromatic heterocycles. The lowest BCUT2D eigenvalue weighted by molar-refractivity contribution is 0.235. The van der Waals surface area contributed by atoms with Gasteiger partial charge in [0.2, 0.25) is 11.7 Å². The predicted octanol–water partition coefficient (Wildman–Crippen LogP) is 2.48. The van der Waals surface area contributed by atoms with Crippen LogP contribution in [0.3, 0.4) is 0 Å². The van der Waals surface area contributed by atoms with Crippen LogP contribution in [0.1, 0.15) is 12.3 Å². The average molecular weight is 351 g/mol. The van der Waals surface area contributed by atoms with E-state index in [4.69, 9.17) is 4.52 Å². The molecule has 0 radical (unpaired) electrons. The highest BCUT2D eigenvalue weighted by Crippen LogP contribution is 2.21. The van der Waals surface area contributed by atoms with Crippen molar-refractivity contribution in [2.45, 2.75) is 12.8 Å². The summed E-state index contributed by atoms with van der Waals surface area (Å²) in [4.78, 5) is 7.98. The first-order chi connectivity index (χ1) is 9.42. The maximum Gasteiger partial charge on any atom is 0.227 e. The van der Waals surface area contributed by atoms with E-state index in [9.17, 15) is 0 Å². The lowest BCUT2D eigenvalue weighted by atomic mass is 10.2. The molecule has 0 bridgehead atoms. The topological polar surface area (TPSA) is 54.2 Å². The number of nitrogens with one attached hydrogen (secondary N) is 1. The average Bonchev–Trinajstić information content (AvgIpc) is 3.10. The summed E-state index contributed by atoms with van der Waals surface area (Å²) in [5.74, 6) is 1.46. The Balaban J connectivity index is 0.00000110. The summed E-state index contributed by atoms with van der Waals surface area (Å²) in [7, 11) is 0. The summed E-state index contributed by atoms with van der Waals surface area (Å²) in [5.41, 5.74) is 0. The molecular weight excluding hydrogens is 331 g/mol. The van der Waals surface area contributed by atoms with Gasteiger partial charge in [0.25, 0.3) is 0 Å². The van der Waals surface area contributed by atoms with Crippen LogP contribution >= 0.6 is 36.2 Å². The molecule has 0 saturated carbocycles. The molecule has 0 spiro atoms. The Kier molecular flexibility index (Phi) is 8.21. The van der Waals surface area contributed by atoms with Gasteiger partial charge in [-0.25, -0.2) is 0 Å². The van der Waals surface area contributed by atoms with E-state index in [1.807, 2.05) is 17.5 Å². The SMILES string of the molecule is Cl.Cl.c1csc(-c2noc(CCCN3CCNCC3)n2)c1. The Hall–Kier alpha value is -0.660. The van der Waals surface area contributed by atoms with Crippen molar-refractivity contribution in [3.63, 3.8) is 0 Å². The highest BCUT2D eigenvalue weighted by Gasteiger charge is 2.11. The zero-order chi connectivity index (χ0) is 12.9. The second-order valence-electron chi connectivity index (χ2n) is 4.68. The zero-order valence-electron chi connectivity index (χ0n) is 11.7. The van der Waals surface area contributed by atoms with E-state index in [0.29, 0.717) is 5.82 Å². The molecule has 0 aliphatic carbocycles. The van der Waals surface area contributed by atoms with E-state index in [2.05, 4.69) is 20.4 Å². The number of aromatic nitrogens is 2. The predicted molar refractivity (Wildman–Crippen MR) is 89.7 cm³/mol. The lowest BCUT2D eigenvalue weighted by Gasteiger charge is -2.26. The first-order valence-electron chi connectivity index (χ1n) is 6.71. The summed E-state index contributed by atoms with van der Waals surface area (Å²) in [6, 6.07) is 4.01. The minimum atomic E-state index is 0. The van der Waals surface area contributed by atoms with Crippen LogP contribution in [0.25, 0.3) is 10.7 Å². The minimum Gasteiger partial charge on any atom is -0.339 e. The van der Waals surface area contributed by atoms with E-state index in [1.165, 1.54) is 0 Å². The quantitative estimate of drug-likeness (QED) is 0.897. The standard InChI is InChI=1S/C13H18N4OS.2ClH/c1(7-17-8-5-14-6-9-17)4-12-15-13(16-18-12)11-3-2-10-19-11;;/h2-3,10,14H,1,4-9H2;2*1H. The van der Waals surface area contributed by atoms with Gasteiger partial charge >= 0.3 is 0 Å². The van der Waals surface area contributed by atoms with Crippen LogP contribution in [0, 0.1) is 0 Å². The van der Waals surface area contributed by atoms with Crippen LogP contribution < -0.4 is 5.32 Å². The molecule has 2 aromatic rings. The van der Waals surface area contributed by atoms with E-state index in [0.717, 1.165) is 56.3 Å². The summed E-state index contributed by atoms with van der Waals surface area (Å²) >= 11 is 1.64. The third kappa shape index (κ3) is 5.23. The highest BCUT2D eigenvalue weighted by molar-refractivity contribution is 7.13. The number of hydrogen-bond acceptors (Lipinski definition) is 6. The number of halogens is 2. The van der Waals surface area contributed by atoms with Gasteiger partial charge in [0, 0.05) is 32.6 Å². The molecule has 1 aliphatic rings. The van der Waals surface area contributed by atoms with Crippen LogP contribution in [-0.4, -0.2) is 47.8 Å². The van der Waals surface area contributed by atoms with Gasteiger partial charge in [0.05, 0.1) is 4.88 Å². The van der Waals surface area contributed by atoms with Crippen LogP contribution in [0.2, 0.25) is 0 Å². The van der Waals surface area contributed by atoms with Crippen molar-refractivity contribution in [2.24, 2.45) is 0 Å². The molecule has 1 saturated heterocycles. The summed E-state index contributed by atoms with van der Waals surface area (Å²) in [6.45, 7) is 5.60. The molecule has 0 amide bonds. The molecule has 0 atom stereocenters. The second kappa shape index (κ2) is 9.38. The molecule has 0 unspecified atom stereocenters. The lowest BCUT2D eigenvalue weighted by Crippen LogP contribution is -2.43. The Morgan fingerprint density at radius 1 is 1.29 bits per heavy atom. The van der Waals surface area contributed by atoms with Crippen LogP contribution in [0.4, 0.5) is 0 Å². The fraction of sp³-hybridized carbons (Fsp3) is 0.538. The van der Waals surface area contributed by atoms with Gasteiger partial charge in [-0.05, 0) is 24.4 Å². The maximum absolute atomic E-state index is 5.29. The number of thiophene rings is 1. The van der Waals surface area contributed by atoms with Crippen LogP contribution in [0.5, 0.6) is 0 Å². The van der Waals surface area contributed by atoms with Crippen LogP contribution in [0.15, 0.2) is 22.0 Å².